The second-order valence-corrected chi connectivity index (χ2v) is 10.3. The molecule has 1 amide bonds. The van der Waals surface area contributed by atoms with E-state index in [9.17, 15) is 4.79 Å². The van der Waals surface area contributed by atoms with Gasteiger partial charge in [-0.15, -0.1) is 0 Å². The van der Waals surface area contributed by atoms with Crippen molar-refractivity contribution in [3.05, 3.63) is 109 Å². The lowest BCUT2D eigenvalue weighted by molar-refractivity contribution is -0.123. The standard InChI is InChI=1S/C34H36N2O2/c1-35(2)30-22-20-28(21-23-30)27-18-16-26(17-19-27)25-36(34(37)29-10-5-3-6-11-29)31-12-9-15-33(24-31)38-32-13-7-4-8-14-32/h4,7-9,12-24,29H,3,5-6,10-11,25H2,1-2H3. The third-order valence-electron chi connectivity index (χ3n) is 7.34. The van der Waals surface area contributed by atoms with Crippen molar-refractivity contribution in [1.29, 1.82) is 0 Å². The summed E-state index contributed by atoms with van der Waals surface area (Å²) >= 11 is 0. The Balaban J connectivity index is 1.39. The maximum Gasteiger partial charge on any atom is 0.230 e. The fourth-order valence-corrected chi connectivity index (χ4v) is 5.14. The molecule has 1 aliphatic rings. The van der Waals surface area contributed by atoms with Crippen LogP contribution in [0.1, 0.15) is 37.7 Å². The van der Waals surface area contributed by atoms with Crippen molar-refractivity contribution in [2.45, 2.75) is 38.6 Å². The Hall–Kier alpha value is -4.05. The van der Waals surface area contributed by atoms with Crippen LogP contribution in [0.2, 0.25) is 0 Å². The van der Waals surface area contributed by atoms with Crippen molar-refractivity contribution in [1.82, 2.24) is 0 Å². The highest BCUT2D eigenvalue weighted by atomic mass is 16.5. The van der Waals surface area contributed by atoms with Crippen LogP contribution in [0.15, 0.2) is 103 Å². The molecular weight excluding hydrogens is 468 g/mol. The van der Waals surface area contributed by atoms with Crippen LogP contribution >= 0.6 is 0 Å². The monoisotopic (exact) mass is 504 g/mol. The third-order valence-corrected chi connectivity index (χ3v) is 7.34. The van der Waals surface area contributed by atoms with E-state index >= 15 is 0 Å². The molecule has 0 spiro atoms. The molecule has 4 heteroatoms. The highest BCUT2D eigenvalue weighted by Crippen LogP contribution is 2.32. The molecule has 0 aliphatic heterocycles. The Bertz CT molecular complexity index is 1330. The number of hydrogen-bond acceptors (Lipinski definition) is 3. The van der Waals surface area contributed by atoms with E-state index in [1.54, 1.807) is 0 Å². The molecular formula is C34H36N2O2. The average molecular weight is 505 g/mol. The molecule has 0 radical (unpaired) electrons. The largest absolute Gasteiger partial charge is 0.457 e. The molecule has 1 saturated carbocycles. The lowest BCUT2D eigenvalue weighted by Gasteiger charge is -2.30. The Morgan fingerprint density at radius 2 is 1.34 bits per heavy atom. The van der Waals surface area contributed by atoms with Crippen molar-refractivity contribution in [2.24, 2.45) is 5.92 Å². The van der Waals surface area contributed by atoms with E-state index in [1.165, 1.54) is 23.2 Å². The molecule has 1 aliphatic carbocycles. The zero-order valence-corrected chi connectivity index (χ0v) is 22.3. The Labute approximate surface area is 226 Å². The van der Waals surface area contributed by atoms with Crippen LogP contribution in [0.25, 0.3) is 11.1 Å². The third kappa shape index (κ3) is 6.25. The summed E-state index contributed by atoms with van der Waals surface area (Å²) in [6.45, 7) is 0.532. The molecule has 0 N–H and O–H groups in total. The lowest BCUT2D eigenvalue weighted by atomic mass is 9.88. The minimum Gasteiger partial charge on any atom is -0.457 e. The number of ether oxygens (including phenoxy) is 1. The van der Waals surface area contributed by atoms with Crippen molar-refractivity contribution in [2.75, 3.05) is 23.9 Å². The molecule has 5 rings (SSSR count). The van der Waals surface area contributed by atoms with Gasteiger partial charge in [-0.2, -0.15) is 0 Å². The van der Waals surface area contributed by atoms with E-state index < -0.39 is 0 Å². The van der Waals surface area contributed by atoms with Crippen LogP contribution in [0, 0.1) is 5.92 Å². The molecule has 0 atom stereocenters. The van der Waals surface area contributed by atoms with E-state index in [4.69, 9.17) is 4.74 Å². The zero-order chi connectivity index (χ0) is 26.3. The van der Waals surface area contributed by atoms with Gasteiger partial charge >= 0.3 is 0 Å². The summed E-state index contributed by atoms with van der Waals surface area (Å²) in [5.74, 6) is 1.80. The van der Waals surface area contributed by atoms with Gasteiger partial charge in [-0.1, -0.05) is 79.9 Å². The van der Waals surface area contributed by atoms with Gasteiger partial charge < -0.3 is 14.5 Å². The number of hydrogen-bond donors (Lipinski definition) is 0. The molecule has 4 nitrogen and oxygen atoms in total. The Kier molecular flexibility index (Phi) is 8.08. The fraction of sp³-hybridized carbons (Fsp3) is 0.265. The summed E-state index contributed by atoms with van der Waals surface area (Å²) in [4.78, 5) is 17.9. The van der Waals surface area contributed by atoms with Gasteiger partial charge in [0.2, 0.25) is 5.91 Å². The van der Waals surface area contributed by atoms with Gasteiger partial charge in [0, 0.05) is 37.5 Å². The van der Waals surface area contributed by atoms with E-state index in [0.29, 0.717) is 6.54 Å². The van der Waals surface area contributed by atoms with Crippen LogP contribution in [0.4, 0.5) is 11.4 Å². The van der Waals surface area contributed by atoms with Crippen molar-refractivity contribution >= 4 is 17.3 Å². The quantitative estimate of drug-likeness (QED) is 0.242. The van der Waals surface area contributed by atoms with Gasteiger partial charge in [0.25, 0.3) is 0 Å². The van der Waals surface area contributed by atoms with Crippen molar-refractivity contribution < 1.29 is 9.53 Å². The first-order chi connectivity index (χ1) is 18.6. The van der Waals surface area contributed by atoms with E-state index in [2.05, 4.69) is 53.4 Å². The number of carbonyl (C=O) groups is 1. The number of para-hydroxylation sites is 1. The number of anilines is 2. The summed E-state index contributed by atoms with van der Waals surface area (Å²) in [6, 6.07) is 34.8. The number of amides is 1. The summed E-state index contributed by atoms with van der Waals surface area (Å²) in [6.07, 6.45) is 5.42. The molecule has 0 unspecified atom stereocenters. The first-order valence-corrected chi connectivity index (χ1v) is 13.6. The number of carbonyl (C=O) groups excluding carboxylic acids is 1. The number of benzene rings is 4. The Morgan fingerprint density at radius 1 is 0.711 bits per heavy atom. The molecule has 4 aromatic rings. The average Bonchev–Trinajstić information content (AvgIpc) is 2.97. The zero-order valence-electron chi connectivity index (χ0n) is 22.3. The van der Waals surface area contributed by atoms with Gasteiger partial charge in [-0.3, -0.25) is 4.79 Å². The maximum atomic E-state index is 13.8. The summed E-state index contributed by atoms with van der Waals surface area (Å²) in [7, 11) is 4.10. The second-order valence-electron chi connectivity index (χ2n) is 10.3. The van der Waals surface area contributed by atoms with Crippen molar-refractivity contribution in [3.63, 3.8) is 0 Å². The van der Waals surface area contributed by atoms with Crippen LogP contribution in [-0.2, 0) is 11.3 Å². The highest BCUT2D eigenvalue weighted by molar-refractivity contribution is 5.95. The van der Waals surface area contributed by atoms with E-state index in [0.717, 1.165) is 48.4 Å². The molecule has 0 heterocycles. The summed E-state index contributed by atoms with van der Waals surface area (Å²) in [5.41, 5.74) is 5.51. The first kappa shape index (κ1) is 25.6. The van der Waals surface area contributed by atoms with Gasteiger partial charge in [0.1, 0.15) is 11.5 Å². The highest BCUT2D eigenvalue weighted by Gasteiger charge is 2.27. The number of nitrogens with zero attached hydrogens (tertiary/aromatic N) is 2. The smallest absolute Gasteiger partial charge is 0.230 e. The van der Waals surface area contributed by atoms with Gasteiger partial charge in [0.15, 0.2) is 0 Å². The van der Waals surface area contributed by atoms with Gasteiger partial charge in [-0.05, 0) is 65.9 Å². The minimum atomic E-state index is 0.0805. The molecule has 0 bridgehead atoms. The van der Waals surface area contributed by atoms with Crippen LogP contribution in [-0.4, -0.2) is 20.0 Å². The lowest BCUT2D eigenvalue weighted by Crippen LogP contribution is -2.36. The molecule has 0 aromatic heterocycles. The normalized spacial score (nSPS) is 13.6. The molecule has 38 heavy (non-hydrogen) atoms. The molecule has 0 saturated heterocycles. The van der Waals surface area contributed by atoms with Crippen LogP contribution in [0.5, 0.6) is 11.5 Å². The Morgan fingerprint density at radius 3 is 2.00 bits per heavy atom. The van der Waals surface area contributed by atoms with Crippen molar-refractivity contribution in [3.8, 4) is 22.6 Å². The molecule has 1 fully saturated rings. The predicted octanol–water partition coefficient (Wildman–Crippen LogP) is 8.33. The van der Waals surface area contributed by atoms with Gasteiger partial charge in [0.05, 0.1) is 6.54 Å². The maximum absolute atomic E-state index is 13.8. The molecule has 194 valence electrons. The van der Waals surface area contributed by atoms with E-state index in [1.807, 2.05) is 73.6 Å². The summed E-state index contributed by atoms with van der Waals surface area (Å²) in [5, 5.41) is 0. The fourth-order valence-electron chi connectivity index (χ4n) is 5.14. The second kappa shape index (κ2) is 12.0. The summed E-state index contributed by atoms with van der Waals surface area (Å²) < 4.78 is 6.09. The topological polar surface area (TPSA) is 32.8 Å². The van der Waals surface area contributed by atoms with E-state index in [-0.39, 0.29) is 11.8 Å². The number of rotatable bonds is 8. The van der Waals surface area contributed by atoms with Crippen LogP contribution in [0.3, 0.4) is 0 Å². The SMILES string of the molecule is CN(C)c1ccc(-c2ccc(CN(C(=O)C3CCCCC3)c3cccc(Oc4ccccc4)c3)cc2)cc1. The van der Waals surface area contributed by atoms with Gasteiger partial charge in [-0.25, -0.2) is 0 Å². The molecule has 4 aromatic carbocycles. The van der Waals surface area contributed by atoms with Crippen LogP contribution < -0.4 is 14.5 Å². The predicted molar refractivity (Wildman–Crippen MR) is 157 cm³/mol. The first-order valence-electron chi connectivity index (χ1n) is 13.6. The minimum absolute atomic E-state index is 0.0805.